The van der Waals surface area contributed by atoms with E-state index in [0.29, 0.717) is 17.1 Å². The summed E-state index contributed by atoms with van der Waals surface area (Å²) >= 11 is 0. The molecule has 3 rings (SSSR count). The van der Waals surface area contributed by atoms with Gasteiger partial charge in [-0.15, -0.1) is 5.10 Å². The van der Waals surface area contributed by atoms with Crippen LogP contribution in [0.1, 0.15) is 15.9 Å². The Kier molecular flexibility index (Phi) is 4.48. The number of carbonyl (C=O) groups excluding carboxylic acids is 1. The van der Waals surface area contributed by atoms with E-state index in [2.05, 4.69) is 15.5 Å². The van der Waals surface area contributed by atoms with Crippen LogP contribution in [-0.4, -0.2) is 37.7 Å². The number of halogens is 2. The molecule has 3 N–H and O–H groups in total. The van der Waals surface area contributed by atoms with Gasteiger partial charge in [-0.3, -0.25) is 4.79 Å². The molecule has 1 aromatic heterocycles. The van der Waals surface area contributed by atoms with E-state index >= 15 is 0 Å². The van der Waals surface area contributed by atoms with Gasteiger partial charge in [0.25, 0.3) is 0 Å². The monoisotopic (exact) mass is 345 g/mol. The normalized spacial score (nSPS) is 10.8. The molecule has 0 aliphatic rings. The van der Waals surface area contributed by atoms with Gasteiger partial charge in [-0.25, -0.2) is 13.5 Å². The highest BCUT2D eigenvalue weighted by molar-refractivity contribution is 5.97. The van der Waals surface area contributed by atoms with Crippen molar-refractivity contribution < 1.29 is 18.7 Å². The van der Waals surface area contributed by atoms with E-state index in [4.69, 9.17) is 10.8 Å². The number of ketones is 1. The summed E-state index contributed by atoms with van der Waals surface area (Å²) in [4.78, 5) is 11.4. The summed E-state index contributed by atoms with van der Waals surface area (Å²) in [6.07, 6.45) is 0. The summed E-state index contributed by atoms with van der Waals surface area (Å²) in [6, 6.07) is 8.45. The molecule has 0 bridgehead atoms. The third-order valence-corrected chi connectivity index (χ3v) is 3.62. The minimum absolute atomic E-state index is 0.239. The van der Waals surface area contributed by atoms with Crippen LogP contribution < -0.4 is 5.73 Å². The van der Waals surface area contributed by atoms with E-state index in [1.165, 1.54) is 4.68 Å². The average Bonchev–Trinajstić information content (AvgIpc) is 3.06. The number of nitrogens with two attached hydrogens (primary N) is 1. The van der Waals surface area contributed by atoms with Crippen LogP contribution in [-0.2, 0) is 6.54 Å². The summed E-state index contributed by atoms with van der Waals surface area (Å²) in [6.45, 7) is -1.09. The Morgan fingerprint density at radius 2 is 1.80 bits per heavy atom. The first kappa shape index (κ1) is 16.7. The van der Waals surface area contributed by atoms with Gasteiger partial charge in [0.1, 0.15) is 18.2 Å². The molecule has 1 heterocycles. The second-order valence-electron chi connectivity index (χ2n) is 5.28. The van der Waals surface area contributed by atoms with Gasteiger partial charge in [0.15, 0.2) is 11.6 Å². The molecular formula is C16H13F2N5O2. The Morgan fingerprint density at radius 3 is 2.40 bits per heavy atom. The zero-order chi connectivity index (χ0) is 18.0. The van der Waals surface area contributed by atoms with Gasteiger partial charge in [0.05, 0.1) is 6.54 Å². The topological polar surface area (TPSA) is 107 Å². The van der Waals surface area contributed by atoms with Crippen LogP contribution in [0.25, 0.3) is 11.4 Å². The van der Waals surface area contributed by atoms with E-state index in [1.54, 1.807) is 24.3 Å². The number of hydrogen-bond donors (Lipinski definition) is 2. The van der Waals surface area contributed by atoms with Crippen molar-refractivity contribution in [3.05, 3.63) is 59.2 Å². The fourth-order valence-electron chi connectivity index (χ4n) is 2.31. The largest absolute Gasteiger partial charge is 0.399 e. The lowest BCUT2D eigenvalue weighted by Crippen LogP contribution is -2.11. The first-order valence-corrected chi connectivity index (χ1v) is 7.23. The Balaban J connectivity index is 1.95. The number of anilines is 1. The Hall–Kier alpha value is -3.20. The second-order valence-corrected chi connectivity index (χ2v) is 5.28. The molecule has 25 heavy (non-hydrogen) atoms. The molecule has 0 spiro atoms. The van der Waals surface area contributed by atoms with E-state index in [1.807, 2.05) is 0 Å². The predicted octanol–water partition coefficient (Wildman–Crippen LogP) is 1.42. The van der Waals surface area contributed by atoms with Gasteiger partial charge in [0, 0.05) is 22.4 Å². The molecule has 0 aliphatic heterocycles. The molecule has 2 aromatic carbocycles. The predicted molar refractivity (Wildman–Crippen MR) is 84.5 cm³/mol. The van der Waals surface area contributed by atoms with Crippen molar-refractivity contribution in [2.24, 2.45) is 0 Å². The van der Waals surface area contributed by atoms with Gasteiger partial charge in [0.2, 0.25) is 0 Å². The number of rotatable bonds is 5. The molecule has 0 amide bonds. The van der Waals surface area contributed by atoms with Gasteiger partial charge < -0.3 is 10.8 Å². The molecule has 0 unspecified atom stereocenters. The molecule has 0 saturated heterocycles. The summed E-state index contributed by atoms with van der Waals surface area (Å²) in [5.74, 6) is -2.30. The van der Waals surface area contributed by atoms with Crippen molar-refractivity contribution in [1.29, 1.82) is 0 Å². The van der Waals surface area contributed by atoms with Crippen LogP contribution >= 0.6 is 0 Å². The number of carbonyl (C=O) groups is 1. The third-order valence-electron chi connectivity index (χ3n) is 3.62. The number of hydrogen-bond acceptors (Lipinski definition) is 6. The van der Waals surface area contributed by atoms with Crippen molar-refractivity contribution in [3.63, 3.8) is 0 Å². The Morgan fingerprint density at radius 1 is 1.16 bits per heavy atom. The van der Waals surface area contributed by atoms with Crippen LogP contribution in [0.2, 0.25) is 0 Å². The Bertz CT molecular complexity index is 902. The summed E-state index contributed by atoms with van der Waals surface area (Å²) in [7, 11) is 0. The van der Waals surface area contributed by atoms with Gasteiger partial charge in [-0.2, -0.15) is 0 Å². The standard InChI is InChI=1S/C16H13F2N5O2/c17-13-5-10(15(25)8-24)6-14(18)12(13)7-23-16(20-21-22-23)9-1-3-11(19)4-2-9/h1-6,24H,7-8,19H2. The molecule has 0 aliphatic carbocycles. The number of benzene rings is 2. The zero-order valence-corrected chi connectivity index (χ0v) is 12.9. The number of tetrazole rings is 1. The van der Waals surface area contributed by atoms with Gasteiger partial charge in [-0.1, -0.05) is 0 Å². The maximum Gasteiger partial charge on any atom is 0.188 e. The quantitative estimate of drug-likeness (QED) is 0.535. The minimum atomic E-state index is -0.921. The van der Waals surface area contributed by atoms with Crippen molar-refractivity contribution in [2.75, 3.05) is 12.3 Å². The zero-order valence-electron chi connectivity index (χ0n) is 12.9. The smallest absolute Gasteiger partial charge is 0.188 e. The number of aromatic nitrogens is 4. The summed E-state index contributed by atoms with van der Waals surface area (Å²) in [5.41, 5.74) is 6.29. The number of nitrogen functional groups attached to an aromatic ring is 1. The second kappa shape index (κ2) is 6.73. The molecule has 9 heteroatoms. The van der Waals surface area contributed by atoms with Crippen LogP contribution in [0.15, 0.2) is 36.4 Å². The fourth-order valence-corrected chi connectivity index (χ4v) is 2.31. The molecule has 0 radical (unpaired) electrons. The molecular weight excluding hydrogens is 332 g/mol. The average molecular weight is 345 g/mol. The molecule has 3 aromatic rings. The van der Waals surface area contributed by atoms with Crippen molar-refractivity contribution in [3.8, 4) is 11.4 Å². The van der Waals surface area contributed by atoms with E-state index < -0.39 is 24.0 Å². The van der Waals surface area contributed by atoms with Gasteiger partial charge in [-0.05, 0) is 46.8 Å². The van der Waals surface area contributed by atoms with Crippen LogP contribution in [0.3, 0.4) is 0 Å². The highest BCUT2D eigenvalue weighted by atomic mass is 19.1. The van der Waals surface area contributed by atoms with Crippen molar-refractivity contribution in [1.82, 2.24) is 20.2 Å². The highest BCUT2D eigenvalue weighted by Gasteiger charge is 2.18. The van der Waals surface area contributed by atoms with Crippen LogP contribution in [0.5, 0.6) is 0 Å². The van der Waals surface area contributed by atoms with E-state index in [9.17, 15) is 13.6 Å². The van der Waals surface area contributed by atoms with E-state index in [0.717, 1.165) is 12.1 Å². The van der Waals surface area contributed by atoms with Crippen molar-refractivity contribution >= 4 is 11.5 Å². The maximum absolute atomic E-state index is 14.2. The highest BCUT2D eigenvalue weighted by Crippen LogP contribution is 2.21. The SMILES string of the molecule is Nc1ccc(-c2nnnn2Cc2c(F)cc(C(=O)CO)cc2F)cc1. The molecule has 128 valence electrons. The lowest BCUT2D eigenvalue weighted by atomic mass is 10.1. The summed E-state index contributed by atoms with van der Waals surface area (Å²) in [5, 5.41) is 19.9. The lowest BCUT2D eigenvalue weighted by molar-refractivity contribution is 0.0902. The number of Topliss-reactive ketones (excluding diaryl/α,β-unsaturated/α-hetero) is 1. The summed E-state index contributed by atoms with van der Waals surface area (Å²) < 4.78 is 29.7. The Labute approximate surface area is 140 Å². The van der Waals surface area contributed by atoms with Crippen LogP contribution in [0, 0.1) is 11.6 Å². The first-order chi connectivity index (χ1) is 12.0. The third kappa shape index (κ3) is 3.36. The van der Waals surface area contributed by atoms with Gasteiger partial charge >= 0.3 is 0 Å². The molecule has 0 atom stereocenters. The minimum Gasteiger partial charge on any atom is -0.399 e. The number of nitrogens with zero attached hydrogens (tertiary/aromatic N) is 4. The fraction of sp³-hybridized carbons (Fsp3) is 0.125. The number of aliphatic hydroxyl groups excluding tert-OH is 1. The molecule has 7 nitrogen and oxygen atoms in total. The lowest BCUT2D eigenvalue weighted by Gasteiger charge is -2.09. The van der Waals surface area contributed by atoms with E-state index in [-0.39, 0.29) is 17.7 Å². The molecule has 0 saturated carbocycles. The number of aliphatic hydroxyl groups is 1. The first-order valence-electron chi connectivity index (χ1n) is 7.23. The molecule has 0 fully saturated rings. The maximum atomic E-state index is 14.2. The van der Waals surface area contributed by atoms with Crippen LogP contribution in [0.4, 0.5) is 14.5 Å². The van der Waals surface area contributed by atoms with Crippen molar-refractivity contribution in [2.45, 2.75) is 6.54 Å².